The average molecular weight is 426 g/mol. The molecule has 1 aliphatic heterocycles. The van der Waals surface area contributed by atoms with E-state index in [1.165, 1.54) is 6.39 Å². The van der Waals surface area contributed by atoms with Gasteiger partial charge in [-0.05, 0) is 54.7 Å². The van der Waals surface area contributed by atoms with Gasteiger partial charge in [-0.1, -0.05) is 49.4 Å². The first-order chi connectivity index (χ1) is 15.7. The lowest BCUT2D eigenvalue weighted by Gasteiger charge is -2.28. The minimum atomic E-state index is -0.941. The Labute approximate surface area is 185 Å². The Morgan fingerprint density at radius 2 is 1.62 bits per heavy atom. The molecule has 5 rings (SSSR count). The Morgan fingerprint density at radius 1 is 0.969 bits per heavy atom. The van der Waals surface area contributed by atoms with Gasteiger partial charge in [-0.2, -0.15) is 0 Å². The number of carbonyl (C=O) groups is 2. The molecule has 1 aliphatic rings. The standard InChI is InChI=1S/C26H22N2O4/c1-2-22(32-26(30)19-10-7-13-23-24(19)27-16-31-23)25(29)28-20-11-5-3-8-17(20)14-15-18-9-4-6-12-21(18)28/h3-13,16,22H,2,14-15H2,1H3. The van der Waals surface area contributed by atoms with E-state index in [1.807, 2.05) is 55.5 Å². The Balaban J connectivity index is 1.51. The second-order valence-corrected chi connectivity index (χ2v) is 7.74. The Bertz CT molecular complexity index is 1260. The molecule has 0 fully saturated rings. The first-order valence-electron chi connectivity index (χ1n) is 10.7. The Hall–Kier alpha value is -3.93. The molecule has 0 saturated carbocycles. The highest BCUT2D eigenvalue weighted by Gasteiger charge is 2.33. The highest BCUT2D eigenvalue weighted by Crippen LogP contribution is 2.37. The molecule has 4 aromatic rings. The molecule has 3 aromatic carbocycles. The predicted molar refractivity (Wildman–Crippen MR) is 121 cm³/mol. The molecule has 0 spiro atoms. The van der Waals surface area contributed by atoms with Gasteiger partial charge >= 0.3 is 5.97 Å². The van der Waals surface area contributed by atoms with Gasteiger partial charge in [-0.15, -0.1) is 0 Å². The lowest BCUT2D eigenvalue weighted by molar-refractivity contribution is -0.126. The van der Waals surface area contributed by atoms with Gasteiger partial charge in [0.25, 0.3) is 5.91 Å². The Morgan fingerprint density at radius 3 is 2.28 bits per heavy atom. The molecule has 0 saturated heterocycles. The third-order valence-corrected chi connectivity index (χ3v) is 5.83. The number of amides is 1. The molecular weight excluding hydrogens is 404 g/mol. The summed E-state index contributed by atoms with van der Waals surface area (Å²) in [4.78, 5) is 32.6. The molecule has 0 N–H and O–H groups in total. The molecule has 0 bridgehead atoms. The zero-order chi connectivity index (χ0) is 22.1. The number of aryl methyl sites for hydroxylation is 2. The number of esters is 1. The first-order valence-corrected chi connectivity index (χ1v) is 10.7. The third-order valence-electron chi connectivity index (χ3n) is 5.83. The van der Waals surface area contributed by atoms with Crippen LogP contribution in [-0.2, 0) is 22.4 Å². The molecule has 2 heterocycles. The SMILES string of the molecule is CCC(OC(=O)c1cccc2ocnc12)C(=O)N1c2ccccc2CCc2ccccc21. The summed E-state index contributed by atoms with van der Waals surface area (Å²) in [6.45, 7) is 1.84. The molecule has 32 heavy (non-hydrogen) atoms. The summed E-state index contributed by atoms with van der Waals surface area (Å²) in [5.41, 5.74) is 5.03. The van der Waals surface area contributed by atoms with E-state index in [0.717, 1.165) is 35.3 Å². The van der Waals surface area contributed by atoms with Gasteiger partial charge < -0.3 is 9.15 Å². The zero-order valence-electron chi connectivity index (χ0n) is 17.7. The Kier molecular flexibility index (Phi) is 5.19. The van der Waals surface area contributed by atoms with Crippen LogP contribution in [-0.4, -0.2) is 23.0 Å². The van der Waals surface area contributed by atoms with Crippen LogP contribution in [0.15, 0.2) is 77.5 Å². The summed E-state index contributed by atoms with van der Waals surface area (Å²) in [6.07, 6.45) is 2.36. The molecule has 1 atom stereocenters. The van der Waals surface area contributed by atoms with Crippen LogP contribution in [0.5, 0.6) is 0 Å². The molecule has 1 unspecified atom stereocenters. The highest BCUT2D eigenvalue weighted by molar-refractivity contribution is 6.07. The number of fused-ring (bicyclic) bond motifs is 3. The lowest BCUT2D eigenvalue weighted by Crippen LogP contribution is -2.39. The van der Waals surface area contributed by atoms with E-state index in [9.17, 15) is 9.59 Å². The summed E-state index contributed by atoms with van der Waals surface area (Å²) < 4.78 is 11.0. The van der Waals surface area contributed by atoms with Gasteiger partial charge in [0.1, 0.15) is 5.52 Å². The fraction of sp³-hybridized carbons (Fsp3) is 0.192. The summed E-state index contributed by atoms with van der Waals surface area (Å²) in [5, 5.41) is 0. The minimum Gasteiger partial charge on any atom is -0.449 e. The number of oxazole rings is 1. The molecule has 160 valence electrons. The van der Waals surface area contributed by atoms with Gasteiger partial charge in [0, 0.05) is 0 Å². The van der Waals surface area contributed by atoms with Gasteiger partial charge in [0.15, 0.2) is 18.1 Å². The van der Waals surface area contributed by atoms with E-state index in [2.05, 4.69) is 4.98 Å². The molecule has 1 amide bonds. The van der Waals surface area contributed by atoms with E-state index in [4.69, 9.17) is 9.15 Å². The number of carbonyl (C=O) groups excluding carboxylic acids is 2. The van der Waals surface area contributed by atoms with Gasteiger partial charge in [0.2, 0.25) is 0 Å². The van der Waals surface area contributed by atoms with Gasteiger partial charge in [-0.3, -0.25) is 9.69 Å². The summed E-state index contributed by atoms with van der Waals surface area (Å²) in [5.74, 6) is -0.865. The molecule has 1 aromatic heterocycles. The van der Waals surface area contributed by atoms with Crippen molar-refractivity contribution in [3.63, 3.8) is 0 Å². The van der Waals surface area contributed by atoms with Crippen molar-refractivity contribution in [3.05, 3.63) is 89.8 Å². The van der Waals surface area contributed by atoms with Crippen LogP contribution in [0.2, 0.25) is 0 Å². The number of hydrogen-bond acceptors (Lipinski definition) is 5. The van der Waals surface area contributed by atoms with E-state index in [0.29, 0.717) is 17.5 Å². The van der Waals surface area contributed by atoms with E-state index in [1.54, 1.807) is 23.1 Å². The fourth-order valence-electron chi connectivity index (χ4n) is 4.21. The van der Waals surface area contributed by atoms with Crippen molar-refractivity contribution < 1.29 is 18.7 Å². The maximum Gasteiger partial charge on any atom is 0.341 e. The average Bonchev–Trinajstić information content (AvgIpc) is 3.25. The zero-order valence-corrected chi connectivity index (χ0v) is 17.7. The monoisotopic (exact) mass is 426 g/mol. The van der Waals surface area contributed by atoms with E-state index < -0.39 is 12.1 Å². The van der Waals surface area contributed by atoms with Crippen molar-refractivity contribution in [1.29, 1.82) is 0 Å². The molecular formula is C26H22N2O4. The van der Waals surface area contributed by atoms with E-state index >= 15 is 0 Å². The number of aromatic nitrogens is 1. The smallest absolute Gasteiger partial charge is 0.341 e. The molecule has 6 heteroatoms. The molecule has 0 radical (unpaired) electrons. The van der Waals surface area contributed by atoms with Crippen LogP contribution in [0.3, 0.4) is 0 Å². The number of rotatable bonds is 4. The lowest BCUT2D eigenvalue weighted by atomic mass is 10.0. The largest absolute Gasteiger partial charge is 0.449 e. The maximum absolute atomic E-state index is 13.8. The van der Waals surface area contributed by atoms with Gasteiger partial charge in [-0.25, -0.2) is 9.78 Å². The van der Waals surface area contributed by atoms with Crippen molar-refractivity contribution >= 4 is 34.4 Å². The van der Waals surface area contributed by atoms with Crippen molar-refractivity contribution in [1.82, 2.24) is 4.98 Å². The summed E-state index contributed by atoms with van der Waals surface area (Å²) in [7, 11) is 0. The number of nitrogens with zero attached hydrogens (tertiary/aromatic N) is 2. The van der Waals surface area contributed by atoms with Crippen molar-refractivity contribution in [2.45, 2.75) is 32.3 Å². The number of hydrogen-bond donors (Lipinski definition) is 0. The van der Waals surface area contributed by atoms with Crippen LogP contribution in [0.25, 0.3) is 11.1 Å². The first kappa shape index (κ1) is 20.0. The number of ether oxygens (including phenoxy) is 1. The van der Waals surface area contributed by atoms with Gasteiger partial charge in [0.05, 0.1) is 16.9 Å². The van der Waals surface area contributed by atoms with Crippen LogP contribution >= 0.6 is 0 Å². The van der Waals surface area contributed by atoms with Crippen molar-refractivity contribution in [2.24, 2.45) is 0 Å². The quantitative estimate of drug-likeness (QED) is 0.418. The molecule has 6 nitrogen and oxygen atoms in total. The van der Waals surface area contributed by atoms with Crippen LogP contribution in [0, 0.1) is 0 Å². The maximum atomic E-state index is 13.8. The number of benzene rings is 3. The second-order valence-electron chi connectivity index (χ2n) is 7.74. The van der Waals surface area contributed by atoms with Crippen molar-refractivity contribution in [2.75, 3.05) is 4.90 Å². The minimum absolute atomic E-state index is 0.269. The molecule has 0 aliphatic carbocycles. The van der Waals surface area contributed by atoms with Crippen molar-refractivity contribution in [3.8, 4) is 0 Å². The third kappa shape index (κ3) is 3.43. The topological polar surface area (TPSA) is 72.6 Å². The fourth-order valence-corrected chi connectivity index (χ4v) is 4.21. The summed E-state index contributed by atoms with van der Waals surface area (Å²) in [6, 6.07) is 20.8. The second kappa shape index (κ2) is 8.30. The summed E-state index contributed by atoms with van der Waals surface area (Å²) >= 11 is 0. The number of para-hydroxylation sites is 3. The highest BCUT2D eigenvalue weighted by atomic mass is 16.5. The van der Waals surface area contributed by atoms with Crippen LogP contribution in [0.1, 0.15) is 34.8 Å². The van der Waals surface area contributed by atoms with Crippen LogP contribution in [0.4, 0.5) is 11.4 Å². The van der Waals surface area contributed by atoms with E-state index in [-0.39, 0.29) is 11.5 Å². The normalized spacial score (nSPS) is 13.7. The predicted octanol–water partition coefficient (Wildman–Crippen LogP) is 5.23. The van der Waals surface area contributed by atoms with Crippen LogP contribution < -0.4 is 4.90 Å². The number of anilines is 2.